The molecule has 3 N–H and O–H groups in total. The summed E-state index contributed by atoms with van der Waals surface area (Å²) < 4.78 is 13.7. The van der Waals surface area contributed by atoms with Crippen LogP contribution in [0.15, 0.2) is 66.0 Å². The monoisotopic (exact) mass is 375 g/mol. The number of benzene rings is 2. The maximum atomic E-state index is 13.7. The van der Waals surface area contributed by atoms with Gasteiger partial charge in [0, 0.05) is 10.6 Å². The highest BCUT2D eigenvalue weighted by Gasteiger charge is 2.20. The molecule has 6 heteroatoms. The summed E-state index contributed by atoms with van der Waals surface area (Å²) in [7, 11) is 0. The molecule has 2 aromatic carbocycles. The van der Waals surface area contributed by atoms with Crippen LogP contribution in [0.3, 0.4) is 0 Å². The number of nitrogens with one attached hydrogen (secondary N) is 1. The van der Waals surface area contributed by atoms with Gasteiger partial charge in [0.25, 0.3) is 5.91 Å². The molecule has 0 unspecified atom stereocenters. The van der Waals surface area contributed by atoms with E-state index < -0.39 is 5.82 Å². The van der Waals surface area contributed by atoms with Crippen molar-refractivity contribution >= 4 is 34.5 Å². The van der Waals surface area contributed by atoms with Gasteiger partial charge in [-0.1, -0.05) is 48.0 Å². The quantitative estimate of drug-likeness (QED) is 0.675. The number of hydrogen-bond acceptors (Lipinski definition) is 2. The summed E-state index contributed by atoms with van der Waals surface area (Å²) in [5, 5.41) is 6.91. The molecule has 0 spiro atoms. The van der Waals surface area contributed by atoms with Gasteiger partial charge in [0.05, 0.1) is 10.6 Å². The summed E-state index contributed by atoms with van der Waals surface area (Å²) in [6.45, 7) is 0.170. The number of thiophene rings is 1. The van der Waals surface area contributed by atoms with E-state index in [2.05, 4.69) is 5.32 Å². The van der Waals surface area contributed by atoms with E-state index in [0.717, 1.165) is 10.4 Å². The van der Waals surface area contributed by atoms with Crippen molar-refractivity contribution in [2.24, 2.45) is 0 Å². The first-order valence-corrected chi connectivity index (χ1v) is 9.06. The highest BCUT2D eigenvalue weighted by molar-refractivity contribution is 7.10. The van der Waals surface area contributed by atoms with Gasteiger partial charge in [0.2, 0.25) is 0 Å². The number of halogens is 2. The van der Waals surface area contributed by atoms with Crippen LogP contribution >= 0.6 is 22.9 Å². The summed E-state index contributed by atoms with van der Waals surface area (Å²) in [5.41, 5.74) is 1.21. The normalized spacial score (nSPS) is 11.9. The van der Waals surface area contributed by atoms with E-state index in [1.54, 1.807) is 11.3 Å². The number of rotatable bonds is 6. The molecular weight excluding hydrogens is 359 g/mol. The van der Waals surface area contributed by atoms with E-state index in [1.807, 2.05) is 53.2 Å². The molecule has 0 bridgehead atoms. The first-order chi connectivity index (χ1) is 12.1. The molecule has 128 valence electrons. The van der Waals surface area contributed by atoms with Crippen LogP contribution in [0.2, 0.25) is 5.02 Å². The molecule has 0 aliphatic rings. The zero-order valence-electron chi connectivity index (χ0n) is 13.3. The Labute approximate surface area is 154 Å². The van der Waals surface area contributed by atoms with Crippen LogP contribution in [0.1, 0.15) is 16.5 Å². The Kier molecular flexibility index (Phi) is 5.81. The molecule has 3 aromatic rings. The molecule has 1 heterocycles. The topological polar surface area (TPSA) is 45.7 Å². The van der Waals surface area contributed by atoms with Gasteiger partial charge in [-0.2, -0.15) is 0 Å². The number of anilines is 1. The van der Waals surface area contributed by atoms with Crippen molar-refractivity contribution in [1.82, 2.24) is 0 Å². The molecule has 0 fully saturated rings. The van der Waals surface area contributed by atoms with Crippen LogP contribution in [0, 0.1) is 5.82 Å². The van der Waals surface area contributed by atoms with Crippen LogP contribution in [-0.4, -0.2) is 12.5 Å². The third-order valence-electron chi connectivity index (χ3n) is 3.75. The average Bonchev–Trinajstić information content (AvgIpc) is 3.14. The van der Waals surface area contributed by atoms with E-state index in [0.29, 0.717) is 5.02 Å². The van der Waals surface area contributed by atoms with Gasteiger partial charge in [-0.15, -0.1) is 11.3 Å². The Morgan fingerprint density at radius 2 is 1.96 bits per heavy atom. The van der Waals surface area contributed by atoms with Crippen LogP contribution in [0.5, 0.6) is 0 Å². The van der Waals surface area contributed by atoms with E-state index in [1.165, 1.54) is 18.2 Å². The second kappa shape index (κ2) is 8.25. The lowest BCUT2D eigenvalue weighted by atomic mass is 10.1. The molecule has 1 amide bonds. The summed E-state index contributed by atoms with van der Waals surface area (Å²) in [4.78, 5) is 13.4. The van der Waals surface area contributed by atoms with Crippen LogP contribution in [0.25, 0.3) is 0 Å². The average molecular weight is 376 g/mol. The van der Waals surface area contributed by atoms with E-state index in [4.69, 9.17) is 11.6 Å². The predicted molar refractivity (Wildman–Crippen MR) is 99.4 cm³/mol. The van der Waals surface area contributed by atoms with Crippen LogP contribution in [0.4, 0.5) is 10.1 Å². The number of amides is 1. The molecular formula is C19H17ClFN2OS+. The van der Waals surface area contributed by atoms with E-state index >= 15 is 0 Å². The van der Waals surface area contributed by atoms with Crippen molar-refractivity contribution in [1.29, 1.82) is 0 Å². The van der Waals surface area contributed by atoms with Gasteiger partial charge < -0.3 is 10.6 Å². The fourth-order valence-electron chi connectivity index (χ4n) is 2.56. The molecule has 0 aliphatic heterocycles. The smallest absolute Gasteiger partial charge is 0.279 e. The Morgan fingerprint density at radius 1 is 1.16 bits per heavy atom. The van der Waals surface area contributed by atoms with Gasteiger partial charge in [-0.25, -0.2) is 4.39 Å². The van der Waals surface area contributed by atoms with Gasteiger partial charge in [-0.05, 0) is 29.6 Å². The molecule has 0 aliphatic carbocycles. The molecule has 3 rings (SSSR count). The Morgan fingerprint density at radius 3 is 2.68 bits per heavy atom. The summed E-state index contributed by atoms with van der Waals surface area (Å²) in [6.07, 6.45) is 0. The highest BCUT2D eigenvalue weighted by atomic mass is 35.5. The van der Waals surface area contributed by atoms with Crippen molar-refractivity contribution < 1.29 is 14.5 Å². The fourth-order valence-corrected chi connectivity index (χ4v) is 3.59. The molecule has 1 aromatic heterocycles. The van der Waals surface area contributed by atoms with Gasteiger partial charge in [0.1, 0.15) is 11.9 Å². The number of carbonyl (C=O) groups is 1. The standard InChI is InChI=1S/C19H16ClFN2OS/c20-14-8-9-15(21)16(11-14)23-18(24)12-22-19(17-7-4-10-25-17)13-5-2-1-3-6-13/h1-11,19,22H,12H2,(H,23,24)/p+1/t19-/m0/s1. The molecule has 1 atom stereocenters. The lowest BCUT2D eigenvalue weighted by Gasteiger charge is -2.15. The van der Waals surface area contributed by atoms with Crippen molar-refractivity contribution in [3.63, 3.8) is 0 Å². The molecule has 0 radical (unpaired) electrons. The molecule has 25 heavy (non-hydrogen) atoms. The third-order valence-corrected chi connectivity index (χ3v) is 4.94. The molecule has 3 nitrogen and oxygen atoms in total. The zero-order valence-corrected chi connectivity index (χ0v) is 14.9. The van der Waals surface area contributed by atoms with Crippen molar-refractivity contribution in [3.8, 4) is 0 Å². The van der Waals surface area contributed by atoms with Crippen molar-refractivity contribution in [2.45, 2.75) is 6.04 Å². The molecule has 0 saturated carbocycles. The number of nitrogens with two attached hydrogens (primary N) is 1. The van der Waals surface area contributed by atoms with E-state index in [9.17, 15) is 9.18 Å². The summed E-state index contributed by atoms with van der Waals surface area (Å²) in [6, 6.07) is 18.1. The second-order valence-corrected chi connectivity index (χ2v) is 6.93. The van der Waals surface area contributed by atoms with E-state index in [-0.39, 0.29) is 24.2 Å². The van der Waals surface area contributed by atoms with Crippen molar-refractivity contribution in [3.05, 3.63) is 87.3 Å². The van der Waals surface area contributed by atoms with Gasteiger partial charge >= 0.3 is 0 Å². The lowest BCUT2D eigenvalue weighted by Crippen LogP contribution is -2.87. The van der Waals surface area contributed by atoms with Gasteiger partial charge in [-0.3, -0.25) is 4.79 Å². The first-order valence-electron chi connectivity index (χ1n) is 7.80. The zero-order chi connectivity index (χ0) is 17.6. The predicted octanol–water partition coefficient (Wildman–Crippen LogP) is 3.83. The minimum atomic E-state index is -0.504. The number of hydrogen-bond donors (Lipinski definition) is 2. The van der Waals surface area contributed by atoms with Crippen LogP contribution < -0.4 is 10.6 Å². The second-order valence-electron chi connectivity index (χ2n) is 5.52. The Balaban J connectivity index is 1.69. The van der Waals surface area contributed by atoms with Crippen molar-refractivity contribution in [2.75, 3.05) is 11.9 Å². The summed E-state index contributed by atoms with van der Waals surface area (Å²) in [5.74, 6) is -0.783. The largest absolute Gasteiger partial charge is 0.328 e. The Hall–Kier alpha value is -2.21. The van der Waals surface area contributed by atoms with Gasteiger partial charge in [0.15, 0.2) is 6.54 Å². The van der Waals surface area contributed by atoms with Crippen LogP contribution in [-0.2, 0) is 4.79 Å². The lowest BCUT2D eigenvalue weighted by molar-refractivity contribution is -0.675. The third kappa shape index (κ3) is 4.66. The Bertz CT molecular complexity index is 840. The number of carbonyl (C=O) groups excluding carboxylic acids is 1. The fraction of sp³-hybridized carbons (Fsp3) is 0.105. The number of quaternary nitrogens is 1. The SMILES string of the molecule is O=C(C[NH2+][C@@H](c1ccccc1)c1cccs1)Nc1cc(Cl)ccc1F. The highest BCUT2D eigenvalue weighted by Crippen LogP contribution is 2.22. The minimum Gasteiger partial charge on any atom is -0.328 e. The molecule has 0 saturated heterocycles. The minimum absolute atomic E-state index is 0.0242. The first kappa shape index (κ1) is 17.6. The summed E-state index contributed by atoms with van der Waals surface area (Å²) >= 11 is 7.50. The maximum Gasteiger partial charge on any atom is 0.279 e. The maximum absolute atomic E-state index is 13.7.